The molecule has 0 radical (unpaired) electrons. The van der Waals surface area contributed by atoms with Crippen molar-refractivity contribution in [3.05, 3.63) is 50.2 Å². The third kappa shape index (κ3) is 2.66. The maximum Gasteiger partial charge on any atom is 0.339 e. The highest BCUT2D eigenvalue weighted by molar-refractivity contribution is 7.14. The number of carbonyl (C=O) groups is 2. The summed E-state index contributed by atoms with van der Waals surface area (Å²) in [6.07, 6.45) is 3.17. The van der Waals surface area contributed by atoms with Gasteiger partial charge < -0.3 is 10.4 Å². The van der Waals surface area contributed by atoms with Crippen LogP contribution in [0.4, 0.5) is 5.69 Å². The first-order valence-corrected chi connectivity index (χ1v) is 7.70. The molecule has 108 valence electrons. The molecule has 1 heterocycles. The Labute approximate surface area is 130 Å². The van der Waals surface area contributed by atoms with Crippen LogP contribution in [0, 0.1) is 0 Å². The standard InChI is InChI=1S/C15H12ClNO3S/c16-9-4-2-5-10(13(9)15(19)20)17-14(18)12-7-8-3-1-6-11(8)21-12/h2,4-5,7H,1,3,6H2,(H,17,18)(H,19,20). The number of aryl methyl sites for hydroxylation is 2. The lowest BCUT2D eigenvalue weighted by Crippen LogP contribution is -2.14. The Kier molecular flexibility index (Phi) is 3.69. The first-order valence-electron chi connectivity index (χ1n) is 6.51. The lowest BCUT2D eigenvalue weighted by molar-refractivity contribution is 0.0698. The molecule has 2 aromatic rings. The molecule has 0 aliphatic heterocycles. The molecule has 0 unspecified atom stereocenters. The first kappa shape index (κ1) is 14.1. The highest BCUT2D eigenvalue weighted by Crippen LogP contribution is 2.31. The van der Waals surface area contributed by atoms with Gasteiger partial charge in [-0.3, -0.25) is 4.79 Å². The van der Waals surface area contributed by atoms with Crippen LogP contribution < -0.4 is 5.32 Å². The van der Waals surface area contributed by atoms with E-state index in [4.69, 9.17) is 11.6 Å². The Morgan fingerprint density at radius 3 is 2.81 bits per heavy atom. The van der Waals surface area contributed by atoms with Gasteiger partial charge in [-0.2, -0.15) is 0 Å². The topological polar surface area (TPSA) is 66.4 Å². The van der Waals surface area contributed by atoms with Gasteiger partial charge in [0.1, 0.15) is 5.56 Å². The third-order valence-corrected chi connectivity index (χ3v) is 5.00. The van der Waals surface area contributed by atoms with Gasteiger partial charge in [0, 0.05) is 4.88 Å². The van der Waals surface area contributed by atoms with Crippen LogP contribution >= 0.6 is 22.9 Å². The zero-order chi connectivity index (χ0) is 15.0. The van der Waals surface area contributed by atoms with Gasteiger partial charge in [-0.25, -0.2) is 4.79 Å². The van der Waals surface area contributed by atoms with Gasteiger partial charge >= 0.3 is 5.97 Å². The molecule has 0 bridgehead atoms. The normalized spacial score (nSPS) is 13.0. The number of halogens is 1. The van der Waals surface area contributed by atoms with Crippen molar-refractivity contribution in [3.8, 4) is 0 Å². The molecule has 1 amide bonds. The summed E-state index contributed by atoms with van der Waals surface area (Å²) >= 11 is 7.36. The minimum absolute atomic E-state index is 0.0865. The fourth-order valence-corrected chi connectivity index (χ4v) is 3.87. The fraction of sp³-hybridized carbons (Fsp3) is 0.200. The van der Waals surface area contributed by atoms with Crippen molar-refractivity contribution in [2.45, 2.75) is 19.3 Å². The second-order valence-corrected chi connectivity index (χ2v) is 6.38. The van der Waals surface area contributed by atoms with Crippen molar-refractivity contribution in [2.75, 3.05) is 5.32 Å². The van der Waals surface area contributed by atoms with Crippen LogP contribution in [-0.4, -0.2) is 17.0 Å². The summed E-state index contributed by atoms with van der Waals surface area (Å²) < 4.78 is 0. The lowest BCUT2D eigenvalue weighted by atomic mass is 10.1. The number of carboxylic acid groups (broad SMARTS) is 1. The number of hydrogen-bond donors (Lipinski definition) is 2. The highest BCUT2D eigenvalue weighted by Gasteiger charge is 2.21. The minimum atomic E-state index is -1.16. The van der Waals surface area contributed by atoms with Crippen LogP contribution in [0.15, 0.2) is 24.3 Å². The smallest absolute Gasteiger partial charge is 0.339 e. The van der Waals surface area contributed by atoms with E-state index < -0.39 is 5.97 Å². The summed E-state index contributed by atoms with van der Waals surface area (Å²) in [6, 6.07) is 6.53. The summed E-state index contributed by atoms with van der Waals surface area (Å²) in [7, 11) is 0. The molecule has 2 N–H and O–H groups in total. The summed E-state index contributed by atoms with van der Waals surface area (Å²) in [5, 5.41) is 11.9. The number of thiophene rings is 1. The molecule has 3 rings (SSSR count). The van der Waals surface area contributed by atoms with Crippen LogP contribution in [0.2, 0.25) is 5.02 Å². The largest absolute Gasteiger partial charge is 0.478 e. The Morgan fingerprint density at radius 1 is 1.29 bits per heavy atom. The Balaban J connectivity index is 1.88. The highest BCUT2D eigenvalue weighted by atomic mass is 35.5. The monoisotopic (exact) mass is 321 g/mol. The molecule has 0 atom stereocenters. The van der Waals surface area contributed by atoms with E-state index in [1.54, 1.807) is 6.07 Å². The molecule has 6 heteroatoms. The number of nitrogens with one attached hydrogen (secondary N) is 1. The van der Waals surface area contributed by atoms with Gasteiger partial charge in [0.05, 0.1) is 15.6 Å². The van der Waals surface area contributed by atoms with Crippen LogP contribution in [-0.2, 0) is 12.8 Å². The molecular formula is C15H12ClNO3S. The van der Waals surface area contributed by atoms with Crippen molar-refractivity contribution in [1.82, 2.24) is 0 Å². The quantitative estimate of drug-likeness (QED) is 0.902. The SMILES string of the molecule is O=C(Nc1cccc(Cl)c1C(=O)O)c1cc2c(s1)CCC2. The predicted octanol–water partition coefficient (Wildman–Crippen LogP) is 3.84. The Hall–Kier alpha value is -1.85. The summed E-state index contributed by atoms with van der Waals surface area (Å²) in [4.78, 5) is 25.4. The van der Waals surface area contributed by atoms with Gasteiger partial charge in [0.25, 0.3) is 5.91 Å². The number of anilines is 1. The van der Waals surface area contributed by atoms with Crippen molar-refractivity contribution in [3.63, 3.8) is 0 Å². The number of carboxylic acids is 1. The van der Waals surface area contributed by atoms with Crippen molar-refractivity contribution in [1.29, 1.82) is 0 Å². The van der Waals surface area contributed by atoms with Crippen molar-refractivity contribution in [2.24, 2.45) is 0 Å². The van der Waals surface area contributed by atoms with Crippen molar-refractivity contribution < 1.29 is 14.7 Å². The van der Waals surface area contributed by atoms with E-state index >= 15 is 0 Å². The molecule has 0 saturated carbocycles. The van der Waals surface area contributed by atoms with Crippen LogP contribution in [0.1, 0.15) is 36.9 Å². The molecule has 4 nitrogen and oxygen atoms in total. The number of aromatic carboxylic acids is 1. The number of benzene rings is 1. The fourth-order valence-electron chi connectivity index (χ4n) is 2.47. The molecule has 0 fully saturated rings. The minimum Gasteiger partial charge on any atom is -0.478 e. The number of carbonyl (C=O) groups excluding carboxylic acids is 1. The van der Waals surface area contributed by atoms with E-state index in [-0.39, 0.29) is 22.2 Å². The second kappa shape index (κ2) is 5.50. The van der Waals surface area contributed by atoms with Gasteiger partial charge in [0.15, 0.2) is 0 Å². The van der Waals surface area contributed by atoms with Gasteiger partial charge in [0.2, 0.25) is 0 Å². The Morgan fingerprint density at radius 2 is 2.10 bits per heavy atom. The second-order valence-electron chi connectivity index (χ2n) is 4.83. The molecular weight excluding hydrogens is 310 g/mol. The van der Waals surface area contributed by atoms with E-state index in [2.05, 4.69) is 5.32 Å². The number of rotatable bonds is 3. The Bertz CT molecular complexity index is 717. The molecule has 0 spiro atoms. The lowest BCUT2D eigenvalue weighted by Gasteiger charge is -2.08. The maximum atomic E-state index is 12.3. The maximum absolute atomic E-state index is 12.3. The summed E-state index contributed by atoms with van der Waals surface area (Å²) in [5.74, 6) is -1.45. The average Bonchev–Trinajstić information content (AvgIpc) is 2.98. The van der Waals surface area contributed by atoms with E-state index in [9.17, 15) is 14.7 Å². The molecule has 0 saturated heterocycles. The van der Waals surface area contributed by atoms with Crippen LogP contribution in [0.3, 0.4) is 0 Å². The zero-order valence-electron chi connectivity index (χ0n) is 11.0. The molecule has 21 heavy (non-hydrogen) atoms. The molecule has 1 aliphatic carbocycles. The number of fused-ring (bicyclic) bond motifs is 1. The summed E-state index contributed by atoms with van der Waals surface area (Å²) in [5.41, 5.74) is 1.36. The van der Waals surface area contributed by atoms with E-state index in [1.165, 1.54) is 33.9 Å². The van der Waals surface area contributed by atoms with E-state index in [1.807, 2.05) is 6.07 Å². The van der Waals surface area contributed by atoms with Crippen LogP contribution in [0.25, 0.3) is 0 Å². The van der Waals surface area contributed by atoms with E-state index in [0.29, 0.717) is 4.88 Å². The third-order valence-electron chi connectivity index (χ3n) is 3.45. The van der Waals surface area contributed by atoms with Gasteiger partial charge in [-0.05, 0) is 43.0 Å². The van der Waals surface area contributed by atoms with Crippen LogP contribution in [0.5, 0.6) is 0 Å². The average molecular weight is 322 g/mol. The predicted molar refractivity (Wildman–Crippen MR) is 82.7 cm³/mol. The van der Waals surface area contributed by atoms with E-state index in [0.717, 1.165) is 19.3 Å². The van der Waals surface area contributed by atoms with Gasteiger partial charge in [-0.15, -0.1) is 11.3 Å². The zero-order valence-corrected chi connectivity index (χ0v) is 12.6. The summed E-state index contributed by atoms with van der Waals surface area (Å²) in [6.45, 7) is 0. The number of hydrogen-bond acceptors (Lipinski definition) is 3. The number of amides is 1. The molecule has 1 aliphatic rings. The molecule has 1 aromatic carbocycles. The first-order chi connectivity index (χ1) is 10.1. The molecule has 1 aromatic heterocycles. The van der Waals surface area contributed by atoms with Gasteiger partial charge in [-0.1, -0.05) is 17.7 Å². The van der Waals surface area contributed by atoms with Crippen molar-refractivity contribution >= 4 is 40.5 Å².